The van der Waals surface area contributed by atoms with Crippen LogP contribution in [0.2, 0.25) is 5.02 Å². The number of aryl methyl sites for hydroxylation is 1. The smallest absolute Gasteiger partial charge is 0.240 e. The molecule has 9 heteroatoms. The average molecular weight is 326 g/mol. The van der Waals surface area contributed by atoms with Gasteiger partial charge in [0.2, 0.25) is 10.0 Å². The van der Waals surface area contributed by atoms with Crippen LogP contribution in [0.15, 0.2) is 29.4 Å². The molecule has 110 valence electrons. The first-order chi connectivity index (χ1) is 9.92. The Labute approximate surface area is 127 Å². The van der Waals surface area contributed by atoms with E-state index >= 15 is 0 Å². The van der Waals surface area contributed by atoms with Gasteiger partial charge in [0.1, 0.15) is 12.4 Å². The fourth-order valence-corrected chi connectivity index (χ4v) is 2.98. The summed E-state index contributed by atoms with van der Waals surface area (Å²) in [6, 6.07) is 5.84. The van der Waals surface area contributed by atoms with E-state index in [1.165, 1.54) is 18.2 Å². The molecule has 1 aromatic heterocycles. The molecule has 0 amide bonds. The van der Waals surface area contributed by atoms with E-state index in [4.69, 9.17) is 16.9 Å². The second-order valence-corrected chi connectivity index (χ2v) is 6.41. The van der Waals surface area contributed by atoms with Crippen molar-refractivity contribution in [1.82, 2.24) is 19.5 Å². The highest BCUT2D eigenvalue weighted by Gasteiger charge is 2.15. The summed E-state index contributed by atoms with van der Waals surface area (Å²) in [4.78, 5) is 4.02. The predicted molar refractivity (Wildman–Crippen MR) is 76.1 cm³/mol. The molecule has 0 atom stereocenters. The largest absolute Gasteiger partial charge is 0.256 e. The molecule has 0 spiro atoms. The number of benzene rings is 1. The molecule has 2 aromatic rings. The van der Waals surface area contributed by atoms with Crippen LogP contribution in [-0.4, -0.2) is 29.7 Å². The minimum atomic E-state index is -3.68. The predicted octanol–water partition coefficient (Wildman–Crippen LogP) is 0.861. The molecule has 0 radical (unpaired) electrons. The number of hydrogen-bond donors (Lipinski definition) is 1. The zero-order valence-corrected chi connectivity index (χ0v) is 12.7. The maximum absolute atomic E-state index is 12.1. The molecular formula is C12H12ClN5O2S. The van der Waals surface area contributed by atoms with Crippen LogP contribution < -0.4 is 4.72 Å². The van der Waals surface area contributed by atoms with Gasteiger partial charge in [-0.25, -0.2) is 18.1 Å². The monoisotopic (exact) mass is 325 g/mol. The van der Waals surface area contributed by atoms with E-state index in [0.29, 0.717) is 12.2 Å². The lowest BCUT2D eigenvalue weighted by Gasteiger charge is -2.06. The van der Waals surface area contributed by atoms with E-state index < -0.39 is 10.0 Å². The molecule has 0 bridgehead atoms. The SMILES string of the molecule is Cn1cnc(CCNS(=O)(=O)c2ccc(C#N)c(Cl)c2)n1. The Bertz CT molecular complexity index is 794. The van der Waals surface area contributed by atoms with Gasteiger partial charge in [-0.3, -0.25) is 4.68 Å². The Morgan fingerprint density at radius 1 is 1.48 bits per heavy atom. The molecule has 1 heterocycles. The third-order valence-corrected chi connectivity index (χ3v) is 4.43. The van der Waals surface area contributed by atoms with Gasteiger partial charge in [-0.05, 0) is 18.2 Å². The number of nitriles is 1. The second kappa shape index (κ2) is 6.22. The molecule has 1 aromatic carbocycles. The van der Waals surface area contributed by atoms with Crippen molar-refractivity contribution >= 4 is 21.6 Å². The molecule has 0 aliphatic carbocycles. The van der Waals surface area contributed by atoms with Gasteiger partial charge < -0.3 is 0 Å². The van der Waals surface area contributed by atoms with E-state index in [1.807, 2.05) is 6.07 Å². The van der Waals surface area contributed by atoms with Crippen LogP contribution in [0.5, 0.6) is 0 Å². The summed E-state index contributed by atoms with van der Waals surface area (Å²) in [5, 5.41) is 12.9. The third-order valence-electron chi connectivity index (χ3n) is 2.66. The van der Waals surface area contributed by atoms with Gasteiger partial charge in [-0.2, -0.15) is 10.4 Å². The maximum atomic E-state index is 12.1. The zero-order chi connectivity index (χ0) is 15.5. The van der Waals surface area contributed by atoms with Crippen molar-refractivity contribution in [3.8, 4) is 6.07 Å². The number of rotatable bonds is 5. The second-order valence-electron chi connectivity index (χ2n) is 4.24. The fourth-order valence-electron chi connectivity index (χ4n) is 1.63. The first-order valence-electron chi connectivity index (χ1n) is 5.96. The summed E-state index contributed by atoms with van der Waals surface area (Å²) in [7, 11) is -1.94. The lowest BCUT2D eigenvalue weighted by atomic mass is 10.2. The van der Waals surface area contributed by atoms with Gasteiger partial charge in [-0.15, -0.1) is 0 Å². The Morgan fingerprint density at radius 3 is 2.81 bits per heavy atom. The van der Waals surface area contributed by atoms with Crippen molar-refractivity contribution in [3.63, 3.8) is 0 Å². The van der Waals surface area contributed by atoms with E-state index in [1.54, 1.807) is 18.1 Å². The first kappa shape index (κ1) is 15.4. The van der Waals surface area contributed by atoms with Crippen LogP contribution in [0, 0.1) is 11.3 Å². The fraction of sp³-hybridized carbons (Fsp3) is 0.250. The number of nitrogens with one attached hydrogen (secondary N) is 1. The molecule has 0 aliphatic heterocycles. The van der Waals surface area contributed by atoms with Crippen LogP contribution in [0.25, 0.3) is 0 Å². The summed E-state index contributed by atoms with van der Waals surface area (Å²) in [6.45, 7) is 0.171. The van der Waals surface area contributed by atoms with Crippen LogP contribution in [0.1, 0.15) is 11.4 Å². The van der Waals surface area contributed by atoms with Gasteiger partial charge in [0.15, 0.2) is 5.82 Å². The molecular weight excluding hydrogens is 314 g/mol. The van der Waals surface area contributed by atoms with E-state index in [9.17, 15) is 8.42 Å². The van der Waals surface area contributed by atoms with Crippen LogP contribution in [0.4, 0.5) is 0 Å². The minimum Gasteiger partial charge on any atom is -0.256 e. The summed E-state index contributed by atoms with van der Waals surface area (Å²) in [5.41, 5.74) is 0.230. The lowest BCUT2D eigenvalue weighted by molar-refractivity contribution is 0.580. The summed E-state index contributed by atoms with van der Waals surface area (Å²) in [6.07, 6.45) is 1.92. The van der Waals surface area contributed by atoms with Gasteiger partial charge in [0, 0.05) is 20.0 Å². The lowest BCUT2D eigenvalue weighted by Crippen LogP contribution is -2.26. The molecule has 0 saturated heterocycles. The van der Waals surface area contributed by atoms with Crippen molar-refractivity contribution in [2.45, 2.75) is 11.3 Å². The summed E-state index contributed by atoms with van der Waals surface area (Å²) in [5.74, 6) is 0.554. The quantitative estimate of drug-likeness (QED) is 0.878. The summed E-state index contributed by atoms with van der Waals surface area (Å²) < 4.78 is 28.1. The van der Waals surface area contributed by atoms with E-state index in [-0.39, 0.29) is 22.0 Å². The van der Waals surface area contributed by atoms with Crippen molar-refractivity contribution < 1.29 is 8.42 Å². The number of nitrogens with zero attached hydrogens (tertiary/aromatic N) is 4. The molecule has 0 aliphatic rings. The van der Waals surface area contributed by atoms with E-state index in [2.05, 4.69) is 14.8 Å². The number of aromatic nitrogens is 3. The normalized spacial score (nSPS) is 11.3. The highest BCUT2D eigenvalue weighted by atomic mass is 35.5. The van der Waals surface area contributed by atoms with Crippen molar-refractivity contribution in [2.75, 3.05) is 6.54 Å². The number of hydrogen-bond acceptors (Lipinski definition) is 5. The number of sulfonamides is 1. The highest BCUT2D eigenvalue weighted by Crippen LogP contribution is 2.19. The summed E-state index contributed by atoms with van der Waals surface area (Å²) >= 11 is 5.83. The minimum absolute atomic E-state index is 0.0143. The molecule has 21 heavy (non-hydrogen) atoms. The van der Waals surface area contributed by atoms with Gasteiger partial charge >= 0.3 is 0 Å². The Morgan fingerprint density at radius 2 is 2.24 bits per heavy atom. The highest BCUT2D eigenvalue weighted by molar-refractivity contribution is 7.89. The van der Waals surface area contributed by atoms with E-state index in [0.717, 1.165) is 0 Å². The van der Waals surface area contributed by atoms with Gasteiger partial charge in [0.25, 0.3) is 0 Å². The molecule has 2 rings (SSSR count). The maximum Gasteiger partial charge on any atom is 0.240 e. The average Bonchev–Trinajstić information content (AvgIpc) is 2.84. The molecule has 0 fully saturated rings. The van der Waals surface area contributed by atoms with Crippen LogP contribution >= 0.6 is 11.6 Å². The van der Waals surface area contributed by atoms with Crippen molar-refractivity contribution in [2.24, 2.45) is 7.05 Å². The molecule has 1 N–H and O–H groups in total. The Kier molecular flexibility index (Phi) is 4.57. The zero-order valence-electron chi connectivity index (χ0n) is 11.1. The molecule has 0 saturated carbocycles. The standard InChI is InChI=1S/C12H12ClN5O2S/c1-18-8-15-12(17-18)4-5-16-21(19,20)10-3-2-9(7-14)11(13)6-10/h2-3,6,8,16H,4-5H2,1H3. The van der Waals surface area contributed by atoms with Crippen LogP contribution in [-0.2, 0) is 23.5 Å². The van der Waals surface area contributed by atoms with Crippen molar-refractivity contribution in [1.29, 1.82) is 5.26 Å². The Balaban J connectivity index is 2.05. The van der Waals surface area contributed by atoms with Crippen molar-refractivity contribution in [3.05, 3.63) is 40.9 Å². The van der Waals surface area contributed by atoms with Gasteiger partial charge in [-0.1, -0.05) is 11.6 Å². The van der Waals surface area contributed by atoms with Gasteiger partial charge in [0.05, 0.1) is 15.5 Å². The molecule has 7 nitrogen and oxygen atoms in total. The van der Waals surface area contributed by atoms with Crippen LogP contribution in [0.3, 0.4) is 0 Å². The third kappa shape index (κ3) is 3.78. The first-order valence-corrected chi connectivity index (χ1v) is 7.82. The topological polar surface area (TPSA) is 101 Å². The molecule has 0 unspecified atom stereocenters. The number of halogens is 1. The Hall–Kier alpha value is -1.95.